The molecule has 3 nitrogen and oxygen atoms in total. The van der Waals surface area contributed by atoms with Crippen LogP contribution in [-0.4, -0.2) is 17.7 Å². The van der Waals surface area contributed by atoms with E-state index in [0.717, 1.165) is 12.1 Å². The first-order valence-electron chi connectivity index (χ1n) is 5.30. The highest BCUT2D eigenvalue weighted by molar-refractivity contribution is 5.76. The van der Waals surface area contributed by atoms with Crippen molar-refractivity contribution in [2.75, 3.05) is 0 Å². The van der Waals surface area contributed by atoms with Crippen molar-refractivity contribution in [1.29, 1.82) is 0 Å². The zero-order valence-corrected chi connectivity index (χ0v) is 9.86. The summed E-state index contributed by atoms with van der Waals surface area (Å²) >= 11 is 0. The molecule has 1 unspecified atom stereocenters. The zero-order chi connectivity index (χ0) is 13.9. The molecule has 1 atom stereocenters. The van der Waals surface area contributed by atoms with E-state index >= 15 is 0 Å². The minimum absolute atomic E-state index is 0.219. The predicted octanol–water partition coefficient (Wildman–Crippen LogP) is 3.25. The fourth-order valence-electron chi connectivity index (χ4n) is 1.71. The largest absolute Gasteiger partial charge is 0.481 e. The standard InChI is InChI=1S/C12H13F3O3/c1-6(2)10(11(16)17)7-3-4-9(8(13)5-7)18-12(14)15/h3-6,10,12H,1-2H3,(H,16,17). The number of carbonyl (C=O) groups is 1. The van der Waals surface area contributed by atoms with Crippen molar-refractivity contribution in [1.82, 2.24) is 0 Å². The molecular formula is C12H13F3O3. The van der Waals surface area contributed by atoms with Crippen LogP contribution in [0.3, 0.4) is 0 Å². The maximum Gasteiger partial charge on any atom is 0.387 e. The highest BCUT2D eigenvalue weighted by Crippen LogP contribution is 2.29. The maximum absolute atomic E-state index is 13.4. The van der Waals surface area contributed by atoms with Gasteiger partial charge in [0.15, 0.2) is 11.6 Å². The first-order chi connectivity index (χ1) is 8.32. The summed E-state index contributed by atoms with van der Waals surface area (Å²) in [6.45, 7) is 0.242. The van der Waals surface area contributed by atoms with E-state index in [4.69, 9.17) is 5.11 Å². The number of carboxylic acid groups (broad SMARTS) is 1. The molecule has 100 valence electrons. The molecule has 1 N–H and O–H groups in total. The molecule has 0 aliphatic rings. The quantitative estimate of drug-likeness (QED) is 0.886. The van der Waals surface area contributed by atoms with Gasteiger partial charge in [-0.1, -0.05) is 19.9 Å². The van der Waals surface area contributed by atoms with Crippen LogP contribution in [0.2, 0.25) is 0 Å². The lowest BCUT2D eigenvalue weighted by Crippen LogP contribution is -2.17. The predicted molar refractivity (Wildman–Crippen MR) is 58.2 cm³/mol. The summed E-state index contributed by atoms with van der Waals surface area (Å²) in [6.07, 6.45) is 0. The van der Waals surface area contributed by atoms with Crippen LogP contribution in [0.25, 0.3) is 0 Å². The van der Waals surface area contributed by atoms with Gasteiger partial charge in [0.05, 0.1) is 5.92 Å². The van der Waals surface area contributed by atoms with E-state index in [1.54, 1.807) is 13.8 Å². The minimum Gasteiger partial charge on any atom is -0.481 e. The van der Waals surface area contributed by atoms with E-state index < -0.39 is 30.1 Å². The van der Waals surface area contributed by atoms with Crippen LogP contribution in [-0.2, 0) is 4.79 Å². The average Bonchev–Trinajstić information content (AvgIpc) is 2.20. The Morgan fingerprint density at radius 3 is 2.33 bits per heavy atom. The van der Waals surface area contributed by atoms with Gasteiger partial charge in [0.2, 0.25) is 0 Å². The number of benzene rings is 1. The fraction of sp³-hybridized carbons (Fsp3) is 0.417. The van der Waals surface area contributed by atoms with Gasteiger partial charge in [-0.3, -0.25) is 4.79 Å². The zero-order valence-electron chi connectivity index (χ0n) is 9.86. The Morgan fingerprint density at radius 1 is 1.33 bits per heavy atom. The van der Waals surface area contributed by atoms with E-state index in [2.05, 4.69) is 4.74 Å². The molecule has 18 heavy (non-hydrogen) atoms. The van der Waals surface area contributed by atoms with Gasteiger partial charge in [-0.2, -0.15) is 8.78 Å². The summed E-state index contributed by atoms with van der Waals surface area (Å²) in [5, 5.41) is 9.03. The molecule has 1 rings (SSSR count). The molecule has 0 saturated carbocycles. The third-order valence-electron chi connectivity index (χ3n) is 2.46. The number of aliphatic carboxylic acids is 1. The lowest BCUT2D eigenvalue weighted by atomic mass is 9.88. The molecule has 0 amide bonds. The second-order valence-corrected chi connectivity index (χ2v) is 4.13. The first-order valence-corrected chi connectivity index (χ1v) is 5.30. The Balaban J connectivity index is 3.05. The molecule has 0 aliphatic carbocycles. The van der Waals surface area contributed by atoms with Gasteiger partial charge in [0.1, 0.15) is 0 Å². The van der Waals surface area contributed by atoms with Gasteiger partial charge in [-0.15, -0.1) is 0 Å². The molecular weight excluding hydrogens is 249 g/mol. The van der Waals surface area contributed by atoms with Crippen LogP contribution in [0, 0.1) is 11.7 Å². The SMILES string of the molecule is CC(C)C(C(=O)O)c1ccc(OC(F)F)c(F)c1. The summed E-state index contributed by atoms with van der Waals surface area (Å²) in [5.41, 5.74) is 0.219. The molecule has 0 bridgehead atoms. The molecule has 0 saturated heterocycles. The van der Waals surface area contributed by atoms with Crippen LogP contribution < -0.4 is 4.74 Å². The monoisotopic (exact) mass is 262 g/mol. The summed E-state index contributed by atoms with van der Waals surface area (Å²) in [5.74, 6) is -3.82. The van der Waals surface area contributed by atoms with Gasteiger partial charge in [0.25, 0.3) is 0 Å². The smallest absolute Gasteiger partial charge is 0.387 e. The minimum atomic E-state index is -3.12. The number of halogens is 3. The number of carboxylic acids is 1. The van der Waals surface area contributed by atoms with Crippen LogP contribution in [0.15, 0.2) is 18.2 Å². The van der Waals surface area contributed by atoms with Gasteiger partial charge in [-0.25, -0.2) is 4.39 Å². The van der Waals surface area contributed by atoms with E-state index in [1.165, 1.54) is 6.07 Å². The molecule has 0 heterocycles. The average molecular weight is 262 g/mol. The molecule has 1 aromatic carbocycles. The van der Waals surface area contributed by atoms with Crippen LogP contribution in [0.5, 0.6) is 5.75 Å². The fourth-order valence-corrected chi connectivity index (χ4v) is 1.71. The molecule has 0 fully saturated rings. The van der Waals surface area contributed by atoms with Crippen molar-refractivity contribution < 1.29 is 27.8 Å². The Morgan fingerprint density at radius 2 is 1.94 bits per heavy atom. The van der Waals surface area contributed by atoms with Crippen LogP contribution in [0.4, 0.5) is 13.2 Å². The van der Waals surface area contributed by atoms with Crippen molar-refractivity contribution in [3.63, 3.8) is 0 Å². The maximum atomic E-state index is 13.4. The van der Waals surface area contributed by atoms with E-state index in [9.17, 15) is 18.0 Å². The van der Waals surface area contributed by atoms with E-state index in [0.29, 0.717) is 0 Å². The summed E-state index contributed by atoms with van der Waals surface area (Å²) in [4.78, 5) is 11.0. The van der Waals surface area contributed by atoms with Gasteiger partial charge >= 0.3 is 12.6 Å². The van der Waals surface area contributed by atoms with E-state index in [-0.39, 0.29) is 11.5 Å². The molecule has 0 radical (unpaired) electrons. The molecule has 0 aromatic heterocycles. The lowest BCUT2D eigenvalue weighted by Gasteiger charge is -2.17. The molecule has 0 aliphatic heterocycles. The van der Waals surface area contributed by atoms with Gasteiger partial charge in [-0.05, 0) is 23.6 Å². The highest BCUT2D eigenvalue weighted by Gasteiger charge is 2.24. The second kappa shape index (κ2) is 5.75. The van der Waals surface area contributed by atoms with Crippen LogP contribution >= 0.6 is 0 Å². The summed E-state index contributed by atoms with van der Waals surface area (Å²) in [7, 11) is 0. The van der Waals surface area contributed by atoms with Crippen molar-refractivity contribution >= 4 is 5.97 Å². The topological polar surface area (TPSA) is 46.5 Å². The van der Waals surface area contributed by atoms with Crippen molar-refractivity contribution in [2.24, 2.45) is 5.92 Å². The Kier molecular flexibility index (Phi) is 4.58. The third kappa shape index (κ3) is 3.38. The number of ether oxygens (including phenoxy) is 1. The number of alkyl halides is 2. The summed E-state index contributed by atoms with van der Waals surface area (Å²) < 4.78 is 41.3. The molecule has 6 heteroatoms. The van der Waals surface area contributed by atoms with Crippen molar-refractivity contribution in [2.45, 2.75) is 26.4 Å². The first kappa shape index (κ1) is 14.3. The number of hydrogen-bond donors (Lipinski definition) is 1. The van der Waals surface area contributed by atoms with Crippen molar-refractivity contribution in [3.8, 4) is 5.75 Å². The Hall–Kier alpha value is -1.72. The summed E-state index contributed by atoms with van der Waals surface area (Å²) in [6, 6.07) is 3.20. The molecule has 1 aromatic rings. The Bertz CT molecular complexity index is 433. The second-order valence-electron chi connectivity index (χ2n) is 4.13. The normalized spacial score (nSPS) is 12.8. The number of rotatable bonds is 5. The highest BCUT2D eigenvalue weighted by atomic mass is 19.3. The van der Waals surface area contributed by atoms with E-state index in [1.807, 2.05) is 0 Å². The van der Waals surface area contributed by atoms with Gasteiger partial charge < -0.3 is 9.84 Å². The lowest BCUT2D eigenvalue weighted by molar-refractivity contribution is -0.139. The van der Waals surface area contributed by atoms with Crippen LogP contribution in [0.1, 0.15) is 25.3 Å². The Labute approximate surface area is 102 Å². The third-order valence-corrected chi connectivity index (χ3v) is 2.46. The molecule has 0 spiro atoms. The number of hydrogen-bond acceptors (Lipinski definition) is 2. The van der Waals surface area contributed by atoms with Gasteiger partial charge in [0, 0.05) is 0 Å². The van der Waals surface area contributed by atoms with Crippen molar-refractivity contribution in [3.05, 3.63) is 29.6 Å².